The van der Waals surface area contributed by atoms with E-state index in [0.717, 1.165) is 37.9 Å². The predicted molar refractivity (Wildman–Crippen MR) is 121 cm³/mol. The number of nitrogens with one attached hydrogen (secondary N) is 1. The molecule has 2 heterocycles. The lowest BCUT2D eigenvalue weighted by molar-refractivity contribution is -0.133. The number of hydrogen-bond donors (Lipinski definition) is 1. The Balaban J connectivity index is 1.63. The normalized spacial score (nSPS) is 16.6. The van der Waals surface area contributed by atoms with E-state index in [1.165, 1.54) is 6.07 Å². The van der Waals surface area contributed by atoms with Crippen LogP contribution >= 0.6 is 0 Å². The molecule has 0 radical (unpaired) electrons. The number of amides is 1. The first kappa shape index (κ1) is 24.8. The van der Waals surface area contributed by atoms with Crippen molar-refractivity contribution in [3.63, 3.8) is 0 Å². The van der Waals surface area contributed by atoms with Gasteiger partial charge in [-0.25, -0.2) is 13.6 Å². The third-order valence-corrected chi connectivity index (χ3v) is 5.76. The lowest BCUT2D eigenvalue weighted by atomic mass is 10.1. The highest BCUT2D eigenvalue weighted by Crippen LogP contribution is 2.15. The zero-order valence-electron chi connectivity index (χ0n) is 19.4. The number of carbonyl (C=O) groups is 1. The molecule has 1 N–H and O–H groups in total. The summed E-state index contributed by atoms with van der Waals surface area (Å²) in [7, 11) is 0. The second-order valence-corrected chi connectivity index (χ2v) is 8.70. The Morgan fingerprint density at radius 3 is 2.76 bits per heavy atom. The lowest BCUT2D eigenvalue weighted by Gasteiger charge is -2.28. The van der Waals surface area contributed by atoms with Gasteiger partial charge in [-0.15, -0.1) is 0 Å². The van der Waals surface area contributed by atoms with Crippen molar-refractivity contribution >= 4 is 5.91 Å². The number of benzene rings is 1. The van der Waals surface area contributed by atoms with Crippen LogP contribution in [0.15, 0.2) is 29.1 Å². The van der Waals surface area contributed by atoms with E-state index in [9.17, 15) is 18.4 Å². The summed E-state index contributed by atoms with van der Waals surface area (Å²) in [5.41, 5.74) is 0.657. The fraction of sp³-hybridized carbons (Fsp3) is 0.542. The van der Waals surface area contributed by atoms with Crippen LogP contribution in [0.4, 0.5) is 8.78 Å². The Hall–Kier alpha value is -2.81. The molecule has 2 atom stereocenters. The first-order valence-corrected chi connectivity index (χ1v) is 11.5. The SMILES string of the molecule is CCCN(CC(C)Cn1c(C)cc(OCc2ccc(F)c(F)c2)nc1=O)C(=O)C1CCCN1. The van der Waals surface area contributed by atoms with E-state index < -0.39 is 17.3 Å². The highest BCUT2D eigenvalue weighted by atomic mass is 19.2. The van der Waals surface area contributed by atoms with Crippen LogP contribution in [0.25, 0.3) is 0 Å². The number of nitrogens with zero attached hydrogens (tertiary/aromatic N) is 3. The van der Waals surface area contributed by atoms with E-state index in [0.29, 0.717) is 30.9 Å². The molecule has 9 heteroatoms. The highest BCUT2D eigenvalue weighted by molar-refractivity contribution is 5.82. The van der Waals surface area contributed by atoms with Crippen molar-refractivity contribution in [2.45, 2.75) is 59.2 Å². The number of halogens is 2. The quantitative estimate of drug-likeness (QED) is 0.587. The first-order valence-electron chi connectivity index (χ1n) is 11.5. The highest BCUT2D eigenvalue weighted by Gasteiger charge is 2.27. The molecule has 0 saturated carbocycles. The molecular weight excluding hydrogens is 430 g/mol. The maximum atomic E-state index is 13.4. The summed E-state index contributed by atoms with van der Waals surface area (Å²) in [6, 6.07) is 5.03. The molecule has 1 aromatic carbocycles. The van der Waals surface area contributed by atoms with Crippen LogP contribution in [0.1, 0.15) is 44.4 Å². The Morgan fingerprint density at radius 2 is 2.12 bits per heavy atom. The van der Waals surface area contributed by atoms with E-state index in [4.69, 9.17) is 4.74 Å². The summed E-state index contributed by atoms with van der Waals surface area (Å²) < 4.78 is 33.5. The third kappa shape index (κ3) is 6.60. The van der Waals surface area contributed by atoms with E-state index in [2.05, 4.69) is 10.3 Å². The van der Waals surface area contributed by atoms with Crippen molar-refractivity contribution in [1.29, 1.82) is 0 Å². The van der Waals surface area contributed by atoms with Crippen LogP contribution in [0.3, 0.4) is 0 Å². The van der Waals surface area contributed by atoms with Gasteiger partial charge in [0.1, 0.15) is 6.61 Å². The van der Waals surface area contributed by atoms with Crippen molar-refractivity contribution in [1.82, 2.24) is 19.8 Å². The van der Waals surface area contributed by atoms with Gasteiger partial charge in [-0.2, -0.15) is 4.98 Å². The first-order chi connectivity index (χ1) is 15.8. The molecular formula is C24H32F2N4O3. The number of hydrogen-bond acceptors (Lipinski definition) is 5. The van der Waals surface area contributed by atoms with Gasteiger partial charge in [0.05, 0.1) is 6.04 Å². The molecule has 1 aromatic heterocycles. The lowest BCUT2D eigenvalue weighted by Crippen LogP contribution is -2.46. The Bertz CT molecular complexity index is 1020. The summed E-state index contributed by atoms with van der Waals surface area (Å²) in [4.78, 5) is 31.4. The van der Waals surface area contributed by atoms with Crippen molar-refractivity contribution in [2.75, 3.05) is 19.6 Å². The van der Waals surface area contributed by atoms with Crippen LogP contribution in [-0.4, -0.2) is 46.0 Å². The van der Waals surface area contributed by atoms with Gasteiger partial charge < -0.3 is 15.0 Å². The number of aromatic nitrogens is 2. The zero-order chi connectivity index (χ0) is 24.0. The maximum absolute atomic E-state index is 13.4. The number of ether oxygens (including phenoxy) is 1. The average molecular weight is 463 g/mol. The zero-order valence-corrected chi connectivity index (χ0v) is 19.4. The molecule has 7 nitrogen and oxygen atoms in total. The molecule has 1 amide bonds. The van der Waals surface area contributed by atoms with Gasteiger partial charge in [-0.05, 0) is 56.3 Å². The average Bonchev–Trinajstić information content (AvgIpc) is 3.31. The van der Waals surface area contributed by atoms with Gasteiger partial charge >= 0.3 is 5.69 Å². The van der Waals surface area contributed by atoms with Gasteiger partial charge in [-0.1, -0.05) is 19.9 Å². The summed E-state index contributed by atoms with van der Waals surface area (Å²) in [6.07, 6.45) is 2.74. The van der Waals surface area contributed by atoms with E-state index in [1.54, 1.807) is 17.6 Å². The minimum atomic E-state index is -0.955. The Morgan fingerprint density at radius 1 is 1.33 bits per heavy atom. The van der Waals surface area contributed by atoms with Crippen molar-refractivity contribution in [3.05, 3.63) is 57.6 Å². The molecule has 1 aliphatic heterocycles. The Labute approximate surface area is 192 Å². The summed E-state index contributed by atoms with van der Waals surface area (Å²) in [5.74, 6) is -1.58. The smallest absolute Gasteiger partial charge is 0.351 e. The molecule has 180 valence electrons. The third-order valence-electron chi connectivity index (χ3n) is 5.76. The molecule has 1 fully saturated rings. The summed E-state index contributed by atoms with van der Waals surface area (Å²) in [6.45, 7) is 8.35. The van der Waals surface area contributed by atoms with Crippen LogP contribution in [-0.2, 0) is 17.9 Å². The topological polar surface area (TPSA) is 76.5 Å². The van der Waals surface area contributed by atoms with Crippen LogP contribution in [0, 0.1) is 24.5 Å². The van der Waals surface area contributed by atoms with E-state index in [-0.39, 0.29) is 30.4 Å². The van der Waals surface area contributed by atoms with Gasteiger partial charge in [0, 0.05) is 31.4 Å². The predicted octanol–water partition coefficient (Wildman–Crippen LogP) is 3.04. The molecule has 33 heavy (non-hydrogen) atoms. The molecule has 0 spiro atoms. The van der Waals surface area contributed by atoms with Crippen molar-refractivity contribution in [3.8, 4) is 5.88 Å². The molecule has 2 unspecified atom stereocenters. The fourth-order valence-electron chi connectivity index (χ4n) is 4.10. The molecule has 2 aromatic rings. The fourth-order valence-corrected chi connectivity index (χ4v) is 4.10. The van der Waals surface area contributed by atoms with Crippen molar-refractivity contribution < 1.29 is 18.3 Å². The molecule has 0 aliphatic carbocycles. The molecule has 3 rings (SSSR count). The second kappa shape index (κ2) is 11.4. The van der Waals surface area contributed by atoms with Crippen LogP contribution in [0.5, 0.6) is 5.88 Å². The minimum Gasteiger partial charge on any atom is -0.473 e. The van der Waals surface area contributed by atoms with Gasteiger partial charge in [0.25, 0.3) is 0 Å². The summed E-state index contributed by atoms with van der Waals surface area (Å²) >= 11 is 0. The van der Waals surface area contributed by atoms with Crippen molar-refractivity contribution in [2.24, 2.45) is 5.92 Å². The van der Waals surface area contributed by atoms with E-state index >= 15 is 0 Å². The number of carbonyl (C=O) groups excluding carboxylic acids is 1. The van der Waals surface area contributed by atoms with Crippen LogP contribution < -0.4 is 15.7 Å². The van der Waals surface area contributed by atoms with E-state index in [1.807, 2.05) is 18.7 Å². The minimum absolute atomic E-state index is 0.0349. The van der Waals surface area contributed by atoms with Crippen LogP contribution in [0.2, 0.25) is 0 Å². The Kier molecular flexibility index (Phi) is 8.55. The molecule has 1 saturated heterocycles. The maximum Gasteiger partial charge on any atom is 0.351 e. The molecule has 1 aliphatic rings. The largest absolute Gasteiger partial charge is 0.473 e. The van der Waals surface area contributed by atoms with Gasteiger partial charge in [-0.3, -0.25) is 9.36 Å². The number of aryl methyl sites for hydroxylation is 1. The van der Waals surface area contributed by atoms with Gasteiger partial charge in [0.15, 0.2) is 11.6 Å². The summed E-state index contributed by atoms with van der Waals surface area (Å²) in [5, 5.41) is 3.26. The van der Waals surface area contributed by atoms with Gasteiger partial charge in [0.2, 0.25) is 11.8 Å². The monoisotopic (exact) mass is 462 g/mol. The second-order valence-electron chi connectivity index (χ2n) is 8.70. The standard InChI is InChI=1S/C24H32F2N4O3/c1-4-10-29(23(31)21-6-5-9-27-21)13-16(2)14-30-17(3)11-22(28-24(30)32)33-15-18-7-8-19(25)20(26)12-18/h7-8,11-12,16,21,27H,4-6,9-10,13-15H2,1-3H3. The molecule has 0 bridgehead atoms. The number of rotatable bonds is 10.